The van der Waals surface area contributed by atoms with Crippen LogP contribution in [-0.2, 0) is 0 Å². The van der Waals surface area contributed by atoms with E-state index in [1.165, 1.54) is 87.2 Å². The van der Waals surface area contributed by atoms with Crippen molar-refractivity contribution < 1.29 is 4.42 Å². The summed E-state index contributed by atoms with van der Waals surface area (Å²) in [6, 6.07) is 66.2. The quantitative estimate of drug-likeness (QED) is 0.138. The van der Waals surface area contributed by atoms with Crippen LogP contribution in [0.15, 0.2) is 186 Å². The van der Waals surface area contributed by atoms with E-state index in [0.29, 0.717) is 0 Å². The van der Waals surface area contributed by atoms with Crippen molar-refractivity contribution in [2.45, 2.75) is 0 Å². The third kappa shape index (κ3) is 4.22. The number of benzene rings is 10. The molecule has 0 amide bonds. The highest BCUT2D eigenvalue weighted by molar-refractivity contribution is 6.31. The fourth-order valence-electron chi connectivity index (χ4n) is 8.51. The maximum Gasteiger partial charge on any atom is 0.143 e. The van der Waals surface area contributed by atoms with Crippen molar-refractivity contribution in [3.8, 4) is 33.4 Å². The van der Waals surface area contributed by atoms with Gasteiger partial charge in [-0.2, -0.15) is 0 Å². The molecule has 10 aromatic carbocycles. The predicted octanol–water partition coefficient (Wildman–Crippen LogP) is 14.4. The lowest BCUT2D eigenvalue weighted by atomic mass is 9.85. The van der Waals surface area contributed by atoms with Crippen molar-refractivity contribution in [2.24, 2.45) is 0 Å². The molecular formula is C50H30O. The summed E-state index contributed by atoms with van der Waals surface area (Å²) in [5.41, 5.74) is 9.29. The smallest absolute Gasteiger partial charge is 0.143 e. The predicted molar refractivity (Wildman–Crippen MR) is 218 cm³/mol. The topological polar surface area (TPSA) is 13.1 Å². The van der Waals surface area contributed by atoms with Crippen LogP contribution in [0.2, 0.25) is 0 Å². The lowest BCUT2D eigenvalue weighted by Gasteiger charge is -2.18. The monoisotopic (exact) mass is 646 g/mol. The van der Waals surface area contributed by atoms with Gasteiger partial charge in [-0.1, -0.05) is 164 Å². The number of hydrogen-bond donors (Lipinski definition) is 0. The van der Waals surface area contributed by atoms with Crippen LogP contribution in [0.25, 0.3) is 109 Å². The summed E-state index contributed by atoms with van der Waals surface area (Å²) in [4.78, 5) is 0. The van der Waals surface area contributed by atoms with Gasteiger partial charge in [-0.05, 0) is 100 Å². The molecule has 0 bridgehead atoms. The molecule has 0 unspecified atom stereocenters. The molecule has 1 heteroatoms. The second-order valence-electron chi connectivity index (χ2n) is 13.6. The fourth-order valence-corrected chi connectivity index (χ4v) is 8.51. The summed E-state index contributed by atoms with van der Waals surface area (Å²) >= 11 is 0. The zero-order valence-electron chi connectivity index (χ0n) is 27.7. The van der Waals surface area contributed by atoms with E-state index in [1.54, 1.807) is 0 Å². The Morgan fingerprint density at radius 2 is 0.745 bits per heavy atom. The molecule has 0 radical (unpaired) electrons. The van der Waals surface area contributed by atoms with Crippen LogP contribution in [0.5, 0.6) is 0 Å². The van der Waals surface area contributed by atoms with Crippen LogP contribution in [0.1, 0.15) is 0 Å². The van der Waals surface area contributed by atoms with E-state index in [1.807, 2.05) is 0 Å². The minimum absolute atomic E-state index is 0.921. The molecule has 11 aromatic rings. The second-order valence-corrected chi connectivity index (χ2v) is 13.6. The first kappa shape index (κ1) is 28.2. The number of rotatable bonds is 3. The molecule has 0 saturated carbocycles. The number of furan rings is 1. The highest BCUT2D eigenvalue weighted by atomic mass is 16.3. The molecule has 0 aliphatic heterocycles. The summed E-state index contributed by atoms with van der Waals surface area (Å²) in [5.74, 6) is 0. The van der Waals surface area contributed by atoms with Gasteiger partial charge in [0.25, 0.3) is 0 Å². The van der Waals surface area contributed by atoms with E-state index in [4.69, 9.17) is 4.42 Å². The molecular weight excluding hydrogens is 617 g/mol. The molecule has 51 heavy (non-hydrogen) atoms. The minimum Gasteiger partial charge on any atom is -0.455 e. The Morgan fingerprint density at radius 1 is 0.275 bits per heavy atom. The Morgan fingerprint density at radius 3 is 1.37 bits per heavy atom. The van der Waals surface area contributed by atoms with Crippen molar-refractivity contribution >= 4 is 75.8 Å². The van der Waals surface area contributed by atoms with Crippen molar-refractivity contribution in [1.29, 1.82) is 0 Å². The molecule has 0 aliphatic rings. The largest absolute Gasteiger partial charge is 0.455 e. The van der Waals surface area contributed by atoms with Crippen LogP contribution < -0.4 is 0 Å². The summed E-state index contributed by atoms with van der Waals surface area (Å²) in [7, 11) is 0. The second kappa shape index (κ2) is 10.9. The summed E-state index contributed by atoms with van der Waals surface area (Å²) < 4.78 is 6.70. The maximum atomic E-state index is 6.70. The number of hydrogen-bond acceptors (Lipinski definition) is 1. The lowest BCUT2D eigenvalue weighted by Crippen LogP contribution is -1.90. The van der Waals surface area contributed by atoms with E-state index < -0.39 is 0 Å². The van der Waals surface area contributed by atoms with Gasteiger partial charge in [0.2, 0.25) is 0 Å². The van der Waals surface area contributed by atoms with Crippen LogP contribution in [0.4, 0.5) is 0 Å². The van der Waals surface area contributed by atoms with E-state index in [9.17, 15) is 0 Å². The zero-order valence-corrected chi connectivity index (χ0v) is 27.7. The van der Waals surface area contributed by atoms with Gasteiger partial charge in [0.15, 0.2) is 0 Å². The van der Waals surface area contributed by atoms with Crippen molar-refractivity contribution in [2.75, 3.05) is 0 Å². The average Bonchev–Trinajstić information content (AvgIpc) is 3.58. The zero-order chi connectivity index (χ0) is 33.5. The van der Waals surface area contributed by atoms with Gasteiger partial charge < -0.3 is 4.42 Å². The van der Waals surface area contributed by atoms with Crippen molar-refractivity contribution in [1.82, 2.24) is 0 Å². The van der Waals surface area contributed by atoms with Crippen molar-refractivity contribution in [3.63, 3.8) is 0 Å². The summed E-state index contributed by atoms with van der Waals surface area (Å²) in [5, 5.41) is 14.7. The van der Waals surface area contributed by atoms with Gasteiger partial charge >= 0.3 is 0 Å². The van der Waals surface area contributed by atoms with Crippen LogP contribution in [0.3, 0.4) is 0 Å². The van der Waals surface area contributed by atoms with E-state index >= 15 is 0 Å². The molecule has 0 spiro atoms. The molecule has 11 rings (SSSR count). The molecule has 0 aliphatic carbocycles. The van der Waals surface area contributed by atoms with Crippen molar-refractivity contribution in [3.05, 3.63) is 182 Å². The summed E-state index contributed by atoms with van der Waals surface area (Å²) in [6.45, 7) is 0. The van der Waals surface area contributed by atoms with E-state index in [2.05, 4.69) is 182 Å². The lowest BCUT2D eigenvalue weighted by molar-refractivity contribution is 0.673. The third-order valence-electron chi connectivity index (χ3n) is 10.8. The molecule has 0 atom stereocenters. The van der Waals surface area contributed by atoms with E-state index in [-0.39, 0.29) is 0 Å². The normalized spacial score (nSPS) is 11.9. The first-order valence-corrected chi connectivity index (χ1v) is 17.6. The van der Waals surface area contributed by atoms with Crippen LogP contribution in [0, 0.1) is 0 Å². The van der Waals surface area contributed by atoms with Gasteiger partial charge in [0.05, 0.1) is 0 Å². The molecule has 1 nitrogen and oxygen atoms in total. The number of fused-ring (bicyclic) bond motifs is 11. The first-order valence-electron chi connectivity index (χ1n) is 17.6. The minimum atomic E-state index is 0.921. The Balaban J connectivity index is 1.05. The van der Waals surface area contributed by atoms with Gasteiger partial charge in [-0.15, -0.1) is 0 Å². The van der Waals surface area contributed by atoms with Gasteiger partial charge in [-0.3, -0.25) is 0 Å². The molecule has 0 N–H and O–H groups in total. The van der Waals surface area contributed by atoms with Gasteiger partial charge in [-0.25, -0.2) is 0 Å². The Kier molecular flexibility index (Phi) is 6.02. The first-order chi connectivity index (χ1) is 25.3. The SMILES string of the molecule is c1ccc(-c2c3ccccc3c(-c3ccc(-c4ccc5cc6c(cc5c4)oc4c5ccccc5c5ccccc5c64)cc3)c3ccccc23)cc1. The van der Waals surface area contributed by atoms with Gasteiger partial charge in [0.1, 0.15) is 11.2 Å². The van der Waals surface area contributed by atoms with E-state index in [0.717, 1.165) is 21.9 Å². The highest BCUT2D eigenvalue weighted by Crippen LogP contribution is 2.45. The Hall–Kier alpha value is -6.70. The fraction of sp³-hybridized carbons (Fsp3) is 0. The highest BCUT2D eigenvalue weighted by Gasteiger charge is 2.18. The summed E-state index contributed by atoms with van der Waals surface area (Å²) in [6.07, 6.45) is 0. The van der Waals surface area contributed by atoms with Crippen LogP contribution >= 0.6 is 0 Å². The molecule has 1 heterocycles. The van der Waals surface area contributed by atoms with Gasteiger partial charge in [0, 0.05) is 16.2 Å². The molecule has 1 aromatic heterocycles. The molecule has 236 valence electrons. The third-order valence-corrected chi connectivity index (χ3v) is 10.8. The molecule has 0 saturated heterocycles. The molecule has 0 fully saturated rings. The average molecular weight is 647 g/mol. The maximum absolute atomic E-state index is 6.70. The Bertz CT molecular complexity index is 3110. The Labute approximate surface area is 294 Å². The van der Waals surface area contributed by atoms with Crippen LogP contribution in [-0.4, -0.2) is 0 Å². The standard InChI is InChI=1S/C50H30O/c1-2-12-32(13-3-1)47-40-17-7-9-19-42(40)48(43-20-10-8-18-41(43)47)33-24-22-31(23-25-33)34-26-27-35-29-45-46(30-36(35)28-34)51-50-44-21-11-5-15-38(44)37-14-4-6-16-39(37)49(45)50/h1-30H.